The van der Waals surface area contributed by atoms with Crippen molar-refractivity contribution in [3.63, 3.8) is 0 Å². The number of nitro groups is 1. The fourth-order valence-electron chi connectivity index (χ4n) is 3.02. The molecule has 0 bridgehead atoms. The Morgan fingerprint density at radius 1 is 1.00 bits per heavy atom. The lowest BCUT2D eigenvalue weighted by Gasteiger charge is -2.06. The summed E-state index contributed by atoms with van der Waals surface area (Å²) in [5, 5.41) is 18.3. The molecule has 0 atom stereocenters. The molecule has 1 amide bonds. The lowest BCUT2D eigenvalue weighted by molar-refractivity contribution is -0.384. The summed E-state index contributed by atoms with van der Waals surface area (Å²) in [7, 11) is 0. The van der Waals surface area contributed by atoms with Gasteiger partial charge in [0.15, 0.2) is 0 Å². The Bertz CT molecular complexity index is 1220. The number of non-ortho nitro benzene ring substituents is 1. The average Bonchev–Trinajstić information content (AvgIpc) is 3.20. The van der Waals surface area contributed by atoms with E-state index in [4.69, 9.17) is 5.73 Å². The number of carbonyl (C=O) groups is 1. The number of anilines is 2. The summed E-state index contributed by atoms with van der Waals surface area (Å²) in [6, 6.07) is 22.2. The first-order chi connectivity index (χ1) is 14.5. The molecule has 3 N–H and O–H groups in total. The molecule has 0 unspecified atom stereocenters. The zero-order chi connectivity index (χ0) is 21.1. The number of hydrogen-bond donors (Lipinski definition) is 2. The normalized spacial score (nSPS) is 10.5. The Balaban J connectivity index is 1.76. The highest BCUT2D eigenvalue weighted by Gasteiger charge is 2.20. The molecule has 1 aromatic heterocycles. The van der Waals surface area contributed by atoms with E-state index in [-0.39, 0.29) is 11.6 Å². The van der Waals surface area contributed by atoms with Crippen LogP contribution in [0.3, 0.4) is 0 Å². The highest BCUT2D eigenvalue weighted by atomic mass is 16.6. The molecule has 0 spiro atoms. The van der Waals surface area contributed by atoms with Gasteiger partial charge in [0.1, 0.15) is 5.69 Å². The standard InChI is InChI=1S/C22H17N5O3/c23-16-5-4-6-17(13-16)24-22(28)20-14-26(18-7-2-1-3-8-18)25-21(20)15-9-11-19(12-10-15)27(29)30/h1-14H,23H2,(H,24,28). The van der Waals surface area contributed by atoms with Gasteiger partial charge in [-0.2, -0.15) is 5.10 Å². The van der Waals surface area contributed by atoms with Crippen molar-refractivity contribution < 1.29 is 9.72 Å². The van der Waals surface area contributed by atoms with Crippen LogP contribution in [0.15, 0.2) is 85.1 Å². The maximum Gasteiger partial charge on any atom is 0.269 e. The van der Waals surface area contributed by atoms with Crippen LogP contribution in [0.25, 0.3) is 16.9 Å². The first-order valence-electron chi connectivity index (χ1n) is 9.08. The van der Waals surface area contributed by atoms with E-state index in [9.17, 15) is 14.9 Å². The van der Waals surface area contributed by atoms with Crippen LogP contribution in [0.2, 0.25) is 0 Å². The van der Waals surface area contributed by atoms with Crippen molar-refractivity contribution in [2.75, 3.05) is 11.1 Å². The Labute approximate surface area is 171 Å². The Hall–Kier alpha value is -4.46. The topological polar surface area (TPSA) is 116 Å². The molecule has 0 radical (unpaired) electrons. The fourth-order valence-corrected chi connectivity index (χ4v) is 3.02. The second kappa shape index (κ2) is 7.88. The van der Waals surface area contributed by atoms with Crippen molar-refractivity contribution in [1.82, 2.24) is 9.78 Å². The molecule has 0 saturated carbocycles. The minimum absolute atomic E-state index is 0.0352. The number of para-hydroxylation sites is 1. The number of amides is 1. The van der Waals surface area contributed by atoms with Crippen LogP contribution in [0.5, 0.6) is 0 Å². The summed E-state index contributed by atoms with van der Waals surface area (Å²) < 4.78 is 1.60. The van der Waals surface area contributed by atoms with E-state index in [2.05, 4.69) is 10.4 Å². The van der Waals surface area contributed by atoms with Crippen LogP contribution in [0.4, 0.5) is 17.1 Å². The average molecular weight is 399 g/mol. The number of nitrogens with one attached hydrogen (secondary N) is 1. The predicted octanol–water partition coefficient (Wildman–Crippen LogP) is 4.28. The number of benzene rings is 3. The Kier molecular flexibility index (Phi) is 4.96. The lowest BCUT2D eigenvalue weighted by Crippen LogP contribution is -2.12. The number of carbonyl (C=O) groups excluding carboxylic acids is 1. The first-order valence-corrected chi connectivity index (χ1v) is 9.08. The van der Waals surface area contributed by atoms with Gasteiger partial charge in [-0.1, -0.05) is 24.3 Å². The number of nitro benzene ring substituents is 1. The monoisotopic (exact) mass is 399 g/mol. The van der Waals surface area contributed by atoms with E-state index in [1.54, 1.807) is 47.3 Å². The molecule has 8 nitrogen and oxygen atoms in total. The summed E-state index contributed by atoms with van der Waals surface area (Å²) in [5.74, 6) is -0.365. The van der Waals surface area contributed by atoms with Gasteiger partial charge in [0.05, 0.1) is 16.2 Å². The SMILES string of the molecule is Nc1cccc(NC(=O)c2cn(-c3ccccc3)nc2-c2ccc([N+](=O)[O-])cc2)c1. The first kappa shape index (κ1) is 18.9. The van der Waals surface area contributed by atoms with Gasteiger partial charge in [0.25, 0.3) is 11.6 Å². The largest absolute Gasteiger partial charge is 0.399 e. The van der Waals surface area contributed by atoms with Gasteiger partial charge in [-0.15, -0.1) is 0 Å². The van der Waals surface area contributed by atoms with E-state index in [0.29, 0.717) is 28.2 Å². The summed E-state index contributed by atoms with van der Waals surface area (Å²) in [4.78, 5) is 23.5. The van der Waals surface area contributed by atoms with Crippen LogP contribution in [0, 0.1) is 10.1 Å². The van der Waals surface area contributed by atoms with Gasteiger partial charge in [-0.3, -0.25) is 14.9 Å². The van der Waals surface area contributed by atoms with E-state index in [0.717, 1.165) is 5.69 Å². The van der Waals surface area contributed by atoms with Crippen LogP contribution >= 0.6 is 0 Å². The summed E-state index contributed by atoms with van der Waals surface area (Å²) in [5.41, 5.74) is 8.96. The Morgan fingerprint density at radius 2 is 1.73 bits per heavy atom. The number of aromatic nitrogens is 2. The second-order valence-corrected chi connectivity index (χ2v) is 6.56. The van der Waals surface area contributed by atoms with E-state index < -0.39 is 4.92 Å². The smallest absolute Gasteiger partial charge is 0.269 e. The van der Waals surface area contributed by atoms with Gasteiger partial charge >= 0.3 is 0 Å². The number of hydrogen-bond acceptors (Lipinski definition) is 5. The predicted molar refractivity (Wildman–Crippen MR) is 114 cm³/mol. The molecule has 0 aliphatic carbocycles. The molecule has 4 rings (SSSR count). The summed E-state index contributed by atoms with van der Waals surface area (Å²) in [6.45, 7) is 0. The van der Waals surface area contributed by atoms with Gasteiger partial charge in [-0.05, 0) is 42.5 Å². The number of nitrogens with two attached hydrogens (primary N) is 1. The highest BCUT2D eigenvalue weighted by molar-refractivity contribution is 6.08. The molecular formula is C22H17N5O3. The maximum atomic E-state index is 13.0. The maximum absolute atomic E-state index is 13.0. The molecule has 0 fully saturated rings. The van der Waals surface area contributed by atoms with Crippen molar-refractivity contribution in [3.05, 3.63) is 101 Å². The molecule has 148 valence electrons. The van der Waals surface area contributed by atoms with E-state index >= 15 is 0 Å². The third-order valence-electron chi connectivity index (χ3n) is 4.48. The van der Waals surface area contributed by atoms with Crippen molar-refractivity contribution in [1.29, 1.82) is 0 Å². The fraction of sp³-hybridized carbons (Fsp3) is 0. The van der Waals surface area contributed by atoms with Gasteiger partial charge in [0, 0.05) is 35.3 Å². The zero-order valence-corrected chi connectivity index (χ0v) is 15.7. The molecule has 4 aromatic rings. The van der Waals surface area contributed by atoms with Crippen molar-refractivity contribution in [2.45, 2.75) is 0 Å². The number of rotatable bonds is 5. The van der Waals surface area contributed by atoms with Crippen molar-refractivity contribution in [2.24, 2.45) is 0 Å². The lowest BCUT2D eigenvalue weighted by atomic mass is 10.1. The van der Waals surface area contributed by atoms with Gasteiger partial charge in [-0.25, -0.2) is 4.68 Å². The third-order valence-corrected chi connectivity index (χ3v) is 4.48. The van der Waals surface area contributed by atoms with E-state index in [1.807, 2.05) is 30.3 Å². The molecule has 0 aliphatic heterocycles. The summed E-state index contributed by atoms with van der Waals surface area (Å²) >= 11 is 0. The second-order valence-electron chi connectivity index (χ2n) is 6.56. The van der Waals surface area contributed by atoms with Crippen LogP contribution in [-0.2, 0) is 0 Å². The van der Waals surface area contributed by atoms with Crippen LogP contribution in [-0.4, -0.2) is 20.6 Å². The molecule has 1 heterocycles. The van der Waals surface area contributed by atoms with Crippen LogP contribution in [0.1, 0.15) is 10.4 Å². The minimum Gasteiger partial charge on any atom is -0.399 e. The molecule has 30 heavy (non-hydrogen) atoms. The minimum atomic E-state index is -0.472. The number of nitrogens with zero attached hydrogens (tertiary/aromatic N) is 3. The summed E-state index contributed by atoms with van der Waals surface area (Å²) in [6.07, 6.45) is 1.63. The molecular weight excluding hydrogens is 382 g/mol. The molecule has 0 aliphatic rings. The highest BCUT2D eigenvalue weighted by Crippen LogP contribution is 2.27. The van der Waals surface area contributed by atoms with Gasteiger partial charge < -0.3 is 11.1 Å². The van der Waals surface area contributed by atoms with Crippen molar-refractivity contribution >= 4 is 23.0 Å². The molecule has 8 heteroatoms. The zero-order valence-electron chi connectivity index (χ0n) is 15.7. The Morgan fingerprint density at radius 3 is 2.40 bits per heavy atom. The van der Waals surface area contributed by atoms with Gasteiger partial charge in [0.2, 0.25) is 0 Å². The van der Waals surface area contributed by atoms with E-state index in [1.165, 1.54) is 12.1 Å². The van der Waals surface area contributed by atoms with Crippen LogP contribution < -0.4 is 11.1 Å². The molecule has 3 aromatic carbocycles. The quantitative estimate of drug-likeness (QED) is 0.295. The molecule has 0 saturated heterocycles. The van der Waals surface area contributed by atoms with Crippen molar-refractivity contribution in [3.8, 4) is 16.9 Å². The third kappa shape index (κ3) is 3.88. The number of nitrogen functional groups attached to an aromatic ring is 1.